The average molecular weight is 245 g/mol. The fourth-order valence-electron chi connectivity index (χ4n) is 0.803. The summed E-state index contributed by atoms with van der Waals surface area (Å²) in [5.41, 5.74) is 0.247. The monoisotopic (exact) mass is 244 g/mol. The first kappa shape index (κ1) is 9.92. The molecule has 0 aliphatic heterocycles. The van der Waals surface area contributed by atoms with Crippen molar-refractivity contribution in [1.82, 2.24) is 0 Å². The van der Waals surface area contributed by atoms with Gasteiger partial charge in [-0.3, -0.25) is 0 Å². The molecule has 1 rings (SSSR count). The van der Waals surface area contributed by atoms with Crippen LogP contribution in [0, 0.1) is 5.82 Å². The van der Waals surface area contributed by atoms with Crippen LogP contribution in [-0.2, 0) is 4.79 Å². The van der Waals surface area contributed by atoms with Gasteiger partial charge in [-0.05, 0) is 24.3 Å². The quantitative estimate of drug-likeness (QED) is 0.813. The van der Waals surface area contributed by atoms with E-state index in [1.54, 1.807) is 6.07 Å². The highest BCUT2D eigenvalue weighted by atomic mass is 79.9. The maximum Gasteiger partial charge on any atom is 0.328 e. The predicted octanol–water partition coefficient (Wildman–Crippen LogP) is 2.69. The zero-order valence-electron chi connectivity index (χ0n) is 6.50. The zero-order valence-corrected chi connectivity index (χ0v) is 8.08. The van der Waals surface area contributed by atoms with E-state index in [0.717, 1.165) is 6.08 Å². The number of aliphatic carboxylic acids is 1. The highest BCUT2D eigenvalue weighted by molar-refractivity contribution is 9.10. The Balaban J connectivity index is 3.00. The summed E-state index contributed by atoms with van der Waals surface area (Å²) in [6.07, 6.45) is 2.10. The molecule has 1 N–H and O–H groups in total. The number of hydrogen-bond acceptors (Lipinski definition) is 1. The maximum absolute atomic E-state index is 13.0. The van der Waals surface area contributed by atoms with Gasteiger partial charge in [0.15, 0.2) is 0 Å². The van der Waals surface area contributed by atoms with Crippen molar-refractivity contribution in [3.8, 4) is 0 Å². The van der Waals surface area contributed by atoms with E-state index in [0.29, 0.717) is 4.47 Å². The van der Waals surface area contributed by atoms with Crippen LogP contribution in [0.3, 0.4) is 0 Å². The third kappa shape index (κ3) is 2.99. The minimum Gasteiger partial charge on any atom is -0.478 e. The molecule has 0 spiro atoms. The van der Waals surface area contributed by atoms with Crippen molar-refractivity contribution in [3.63, 3.8) is 0 Å². The zero-order chi connectivity index (χ0) is 9.84. The molecule has 0 aliphatic rings. The average Bonchev–Trinajstić information content (AvgIpc) is 2.06. The molecule has 0 unspecified atom stereocenters. The highest BCUT2D eigenvalue weighted by Crippen LogP contribution is 2.16. The molecule has 2 nitrogen and oxygen atoms in total. The van der Waals surface area contributed by atoms with Gasteiger partial charge in [-0.2, -0.15) is 0 Å². The minimum atomic E-state index is -1.10. The summed E-state index contributed by atoms with van der Waals surface area (Å²) in [7, 11) is 0. The second kappa shape index (κ2) is 4.18. The van der Waals surface area contributed by atoms with Crippen molar-refractivity contribution in [2.24, 2.45) is 0 Å². The Hall–Kier alpha value is -1.16. The van der Waals surface area contributed by atoms with Gasteiger partial charge in [-0.1, -0.05) is 15.9 Å². The molecule has 0 atom stereocenters. The molecule has 68 valence electrons. The summed E-state index contributed by atoms with van der Waals surface area (Å²) in [6, 6.07) is 4.33. The summed E-state index contributed by atoms with van der Waals surface area (Å²) < 4.78 is 13.7. The summed E-state index contributed by atoms with van der Waals surface area (Å²) in [4.78, 5) is 10.1. The van der Waals surface area contributed by atoms with Gasteiger partial charge in [0.2, 0.25) is 0 Å². The summed E-state index contributed by atoms with van der Waals surface area (Å²) >= 11 is 3.16. The number of halogens is 2. The van der Waals surface area contributed by atoms with Crippen LogP contribution in [-0.4, -0.2) is 11.1 Å². The van der Waals surface area contributed by atoms with E-state index >= 15 is 0 Å². The molecule has 0 fully saturated rings. The number of carboxylic acid groups (broad SMARTS) is 1. The first-order chi connectivity index (χ1) is 6.09. The molecule has 1 aromatic carbocycles. The summed E-state index contributed by atoms with van der Waals surface area (Å²) in [5, 5.41) is 8.31. The lowest BCUT2D eigenvalue weighted by Crippen LogP contribution is -1.87. The second-order valence-corrected chi connectivity index (χ2v) is 3.25. The molecule has 0 radical (unpaired) electrons. The lowest BCUT2D eigenvalue weighted by atomic mass is 10.2. The number of carboxylic acids is 1. The summed E-state index contributed by atoms with van der Waals surface area (Å²) in [6.45, 7) is 0. The van der Waals surface area contributed by atoms with Crippen LogP contribution in [0.5, 0.6) is 0 Å². The van der Waals surface area contributed by atoms with Crippen molar-refractivity contribution in [2.75, 3.05) is 0 Å². The molecule has 0 aliphatic carbocycles. The Bertz CT molecular complexity index is 361. The number of benzene rings is 1. The van der Waals surface area contributed by atoms with Gasteiger partial charge in [0.05, 0.1) is 0 Å². The van der Waals surface area contributed by atoms with E-state index in [2.05, 4.69) is 15.9 Å². The van der Waals surface area contributed by atoms with Crippen LogP contribution in [0.15, 0.2) is 28.7 Å². The Morgan fingerprint density at radius 2 is 2.23 bits per heavy atom. The number of hydrogen-bond donors (Lipinski definition) is 1. The van der Waals surface area contributed by atoms with E-state index in [1.165, 1.54) is 18.2 Å². The van der Waals surface area contributed by atoms with Crippen molar-refractivity contribution in [1.29, 1.82) is 0 Å². The maximum atomic E-state index is 13.0. The van der Waals surface area contributed by atoms with Crippen LogP contribution in [0.1, 0.15) is 5.56 Å². The van der Waals surface area contributed by atoms with Gasteiger partial charge in [-0.15, -0.1) is 0 Å². The largest absolute Gasteiger partial charge is 0.478 e. The third-order valence-electron chi connectivity index (χ3n) is 1.36. The van der Waals surface area contributed by atoms with E-state index in [4.69, 9.17) is 5.11 Å². The molecule has 4 heteroatoms. The number of carbonyl (C=O) groups is 1. The predicted molar refractivity (Wildman–Crippen MR) is 50.8 cm³/mol. The lowest BCUT2D eigenvalue weighted by Gasteiger charge is -1.96. The molecule has 13 heavy (non-hydrogen) atoms. The molecule has 0 amide bonds. The molecule has 0 heterocycles. The molecule has 0 bridgehead atoms. The van der Waals surface area contributed by atoms with Crippen LogP contribution in [0.2, 0.25) is 0 Å². The normalized spacial score (nSPS) is 10.6. The third-order valence-corrected chi connectivity index (χ3v) is 1.86. The first-order valence-corrected chi connectivity index (χ1v) is 4.25. The van der Waals surface area contributed by atoms with E-state index in [-0.39, 0.29) is 5.56 Å². The number of rotatable bonds is 2. The van der Waals surface area contributed by atoms with Gasteiger partial charge in [0.1, 0.15) is 5.82 Å². The Labute approximate surface area is 82.8 Å². The van der Waals surface area contributed by atoms with Crippen LogP contribution >= 0.6 is 15.9 Å². The van der Waals surface area contributed by atoms with Crippen LogP contribution in [0.25, 0.3) is 6.08 Å². The lowest BCUT2D eigenvalue weighted by molar-refractivity contribution is -0.131. The van der Waals surface area contributed by atoms with Crippen LogP contribution in [0.4, 0.5) is 4.39 Å². The van der Waals surface area contributed by atoms with Crippen molar-refractivity contribution in [2.45, 2.75) is 0 Å². The standard InChI is InChI=1S/C9H6BrFO2/c10-7-2-3-8(11)6(5-7)1-4-9(12)13/h1-5H,(H,12,13). The SMILES string of the molecule is O=C(O)C=Cc1cc(Br)ccc1F. The Morgan fingerprint density at radius 1 is 1.54 bits per heavy atom. The van der Waals surface area contributed by atoms with Gasteiger partial charge in [0, 0.05) is 16.1 Å². The Kier molecular flexibility index (Phi) is 3.19. The topological polar surface area (TPSA) is 37.3 Å². The first-order valence-electron chi connectivity index (χ1n) is 3.45. The van der Waals surface area contributed by atoms with E-state index in [1.807, 2.05) is 0 Å². The minimum absolute atomic E-state index is 0.247. The van der Waals surface area contributed by atoms with Gasteiger partial charge >= 0.3 is 5.97 Å². The fraction of sp³-hybridized carbons (Fsp3) is 0. The Morgan fingerprint density at radius 3 is 2.85 bits per heavy atom. The highest BCUT2D eigenvalue weighted by Gasteiger charge is 1.99. The smallest absolute Gasteiger partial charge is 0.328 e. The van der Waals surface area contributed by atoms with Gasteiger partial charge < -0.3 is 5.11 Å². The summed E-state index contributed by atoms with van der Waals surface area (Å²) in [5.74, 6) is -1.54. The molecule has 1 aromatic rings. The molecular formula is C9H6BrFO2. The van der Waals surface area contributed by atoms with Crippen LogP contribution < -0.4 is 0 Å². The van der Waals surface area contributed by atoms with Gasteiger partial charge in [0.25, 0.3) is 0 Å². The molecular weight excluding hydrogens is 239 g/mol. The van der Waals surface area contributed by atoms with E-state index < -0.39 is 11.8 Å². The van der Waals surface area contributed by atoms with Gasteiger partial charge in [-0.25, -0.2) is 9.18 Å². The molecule has 0 saturated carbocycles. The second-order valence-electron chi connectivity index (χ2n) is 2.34. The van der Waals surface area contributed by atoms with Crippen molar-refractivity contribution in [3.05, 3.63) is 40.1 Å². The van der Waals surface area contributed by atoms with Crippen molar-refractivity contribution < 1.29 is 14.3 Å². The molecule has 0 saturated heterocycles. The molecule has 0 aromatic heterocycles. The fourth-order valence-corrected chi connectivity index (χ4v) is 1.18. The van der Waals surface area contributed by atoms with Crippen molar-refractivity contribution >= 4 is 28.0 Å². The van der Waals surface area contributed by atoms with E-state index in [9.17, 15) is 9.18 Å².